The fraction of sp³-hybridized carbons (Fsp3) is 0.500. The molecule has 0 fully saturated rings. The van der Waals surface area contributed by atoms with Gasteiger partial charge in [-0.05, 0) is 31.1 Å². The molecule has 2 rings (SSSR count). The molecule has 19 heavy (non-hydrogen) atoms. The predicted octanol–water partition coefficient (Wildman–Crippen LogP) is 1.84. The van der Waals surface area contributed by atoms with Crippen molar-refractivity contribution in [2.45, 2.75) is 33.2 Å². The van der Waals surface area contributed by atoms with Crippen LogP contribution in [0.15, 0.2) is 10.9 Å². The Kier molecular flexibility index (Phi) is 3.66. The van der Waals surface area contributed by atoms with Gasteiger partial charge in [-0.3, -0.25) is 9.89 Å². The Morgan fingerprint density at radius 3 is 2.63 bits per heavy atom. The summed E-state index contributed by atoms with van der Waals surface area (Å²) in [5.74, 6) is 0.783. The maximum absolute atomic E-state index is 12.3. The summed E-state index contributed by atoms with van der Waals surface area (Å²) in [6.45, 7) is 6.51. The molecule has 0 atom stereocenters. The summed E-state index contributed by atoms with van der Waals surface area (Å²) in [6.07, 6.45) is 0. The molecule has 102 valence electrons. The van der Waals surface area contributed by atoms with Gasteiger partial charge in [-0.25, -0.2) is 4.68 Å². The first-order valence-corrected chi connectivity index (χ1v) is 6.60. The third-order valence-corrected chi connectivity index (χ3v) is 3.37. The molecule has 0 radical (unpaired) electrons. The second kappa shape index (κ2) is 5.08. The van der Waals surface area contributed by atoms with Crippen LogP contribution in [0.25, 0.3) is 11.4 Å². The highest BCUT2D eigenvalue weighted by atomic mass is 32.1. The quantitative estimate of drug-likeness (QED) is 0.871. The number of aromatic amines is 1. The lowest BCUT2D eigenvalue weighted by Gasteiger charge is -2.10. The lowest BCUT2D eigenvalue weighted by atomic mass is 10.1. The molecule has 0 aromatic carbocycles. The van der Waals surface area contributed by atoms with Crippen LogP contribution in [-0.2, 0) is 13.6 Å². The lowest BCUT2D eigenvalue weighted by Crippen LogP contribution is -2.26. The van der Waals surface area contributed by atoms with Crippen molar-refractivity contribution in [2.75, 3.05) is 0 Å². The molecule has 0 spiro atoms. The highest BCUT2D eigenvalue weighted by Crippen LogP contribution is 2.17. The minimum atomic E-state index is -0.149. The molecular formula is C12H17N5OS. The van der Waals surface area contributed by atoms with Crippen molar-refractivity contribution >= 4 is 12.2 Å². The largest absolute Gasteiger partial charge is 0.303 e. The second-order valence-corrected chi connectivity index (χ2v) is 5.06. The lowest BCUT2D eigenvalue weighted by molar-refractivity contribution is 0.586. The topological polar surface area (TPSA) is 68.5 Å². The van der Waals surface area contributed by atoms with Crippen LogP contribution in [0.4, 0.5) is 0 Å². The minimum Gasteiger partial charge on any atom is -0.303 e. The summed E-state index contributed by atoms with van der Waals surface area (Å²) in [7, 11) is 1.78. The SMILES string of the molecule is CCn1nc(C(C)C)cc(-c2n[nH]c(=S)n2C)c1=O. The summed E-state index contributed by atoms with van der Waals surface area (Å²) in [4.78, 5) is 12.3. The van der Waals surface area contributed by atoms with Gasteiger partial charge in [0.25, 0.3) is 5.56 Å². The van der Waals surface area contributed by atoms with Crippen molar-refractivity contribution in [3.8, 4) is 11.4 Å². The molecule has 2 aromatic rings. The van der Waals surface area contributed by atoms with E-state index in [1.807, 2.05) is 20.8 Å². The third-order valence-electron chi connectivity index (χ3n) is 3.00. The van der Waals surface area contributed by atoms with E-state index in [1.165, 1.54) is 4.68 Å². The second-order valence-electron chi connectivity index (χ2n) is 4.67. The van der Waals surface area contributed by atoms with Crippen LogP contribution < -0.4 is 5.56 Å². The van der Waals surface area contributed by atoms with E-state index in [9.17, 15) is 4.79 Å². The standard InChI is InChI=1S/C12H17N5OS/c1-5-17-11(18)8(6-9(15-17)7(2)3)10-13-14-12(19)16(10)4/h6-7H,5H2,1-4H3,(H,14,19). The van der Waals surface area contributed by atoms with Crippen molar-refractivity contribution in [3.05, 3.63) is 26.9 Å². The van der Waals surface area contributed by atoms with Gasteiger partial charge >= 0.3 is 0 Å². The zero-order chi connectivity index (χ0) is 14.2. The number of hydrogen-bond donors (Lipinski definition) is 1. The fourth-order valence-corrected chi connectivity index (χ4v) is 1.94. The van der Waals surface area contributed by atoms with Gasteiger partial charge in [-0.2, -0.15) is 10.2 Å². The van der Waals surface area contributed by atoms with E-state index in [2.05, 4.69) is 15.3 Å². The maximum atomic E-state index is 12.3. The Morgan fingerprint density at radius 2 is 2.16 bits per heavy atom. The molecule has 0 bridgehead atoms. The number of H-pyrrole nitrogens is 1. The number of aromatic nitrogens is 5. The van der Waals surface area contributed by atoms with Crippen LogP contribution >= 0.6 is 12.2 Å². The van der Waals surface area contributed by atoms with Crippen molar-refractivity contribution in [1.82, 2.24) is 24.5 Å². The van der Waals surface area contributed by atoms with Gasteiger partial charge in [-0.1, -0.05) is 13.8 Å². The number of rotatable bonds is 3. The van der Waals surface area contributed by atoms with Gasteiger partial charge < -0.3 is 4.57 Å². The molecule has 6 nitrogen and oxygen atoms in total. The molecular weight excluding hydrogens is 262 g/mol. The monoisotopic (exact) mass is 279 g/mol. The maximum Gasteiger partial charge on any atom is 0.277 e. The smallest absolute Gasteiger partial charge is 0.277 e. The predicted molar refractivity (Wildman–Crippen MR) is 75.6 cm³/mol. The molecule has 0 saturated carbocycles. The van der Waals surface area contributed by atoms with Gasteiger partial charge in [0, 0.05) is 13.6 Å². The van der Waals surface area contributed by atoms with Gasteiger partial charge in [-0.15, -0.1) is 0 Å². The highest BCUT2D eigenvalue weighted by Gasteiger charge is 2.15. The zero-order valence-electron chi connectivity index (χ0n) is 11.5. The van der Waals surface area contributed by atoms with Crippen LogP contribution in [-0.4, -0.2) is 24.5 Å². The molecule has 0 unspecified atom stereocenters. The Hall–Kier alpha value is -1.76. The number of nitrogens with zero attached hydrogens (tertiary/aromatic N) is 4. The van der Waals surface area contributed by atoms with Crippen LogP contribution in [0, 0.1) is 4.77 Å². The van der Waals surface area contributed by atoms with Gasteiger partial charge in [0.1, 0.15) is 0 Å². The molecule has 7 heteroatoms. The summed E-state index contributed by atoms with van der Waals surface area (Å²) >= 11 is 5.08. The van der Waals surface area contributed by atoms with Crippen molar-refractivity contribution in [1.29, 1.82) is 0 Å². The van der Waals surface area contributed by atoms with E-state index in [0.717, 1.165) is 5.69 Å². The van der Waals surface area contributed by atoms with Crippen LogP contribution in [0.1, 0.15) is 32.4 Å². The van der Waals surface area contributed by atoms with Gasteiger partial charge in [0.2, 0.25) is 0 Å². The Morgan fingerprint density at radius 1 is 1.47 bits per heavy atom. The van der Waals surface area contributed by atoms with E-state index in [-0.39, 0.29) is 11.5 Å². The zero-order valence-corrected chi connectivity index (χ0v) is 12.3. The van der Waals surface area contributed by atoms with Crippen LogP contribution in [0.2, 0.25) is 0 Å². The average Bonchev–Trinajstić information content (AvgIpc) is 2.70. The fourth-order valence-electron chi connectivity index (χ4n) is 1.81. The Labute approximate surface area is 116 Å². The van der Waals surface area contributed by atoms with Crippen molar-refractivity contribution in [2.24, 2.45) is 7.05 Å². The van der Waals surface area contributed by atoms with E-state index in [0.29, 0.717) is 22.7 Å². The van der Waals surface area contributed by atoms with E-state index < -0.39 is 0 Å². The molecule has 1 N–H and O–H groups in total. The first kappa shape index (κ1) is 13.7. The van der Waals surface area contributed by atoms with E-state index >= 15 is 0 Å². The van der Waals surface area contributed by atoms with Crippen LogP contribution in [0.5, 0.6) is 0 Å². The summed E-state index contributed by atoms with van der Waals surface area (Å²) < 4.78 is 3.64. The minimum absolute atomic E-state index is 0.149. The Balaban J connectivity index is 2.75. The van der Waals surface area contributed by atoms with Crippen molar-refractivity contribution in [3.63, 3.8) is 0 Å². The average molecular weight is 279 g/mol. The van der Waals surface area contributed by atoms with E-state index in [1.54, 1.807) is 17.7 Å². The molecule has 0 aliphatic rings. The molecule has 0 aliphatic heterocycles. The normalized spacial score (nSPS) is 11.2. The summed E-state index contributed by atoms with van der Waals surface area (Å²) in [6, 6.07) is 1.80. The Bertz CT molecular complexity index is 710. The van der Waals surface area contributed by atoms with Crippen LogP contribution in [0.3, 0.4) is 0 Å². The molecule has 2 aromatic heterocycles. The first-order chi connectivity index (χ1) is 8.95. The first-order valence-electron chi connectivity index (χ1n) is 6.19. The third kappa shape index (κ3) is 2.37. The number of aryl methyl sites for hydroxylation is 1. The van der Waals surface area contributed by atoms with Crippen molar-refractivity contribution < 1.29 is 0 Å². The summed E-state index contributed by atoms with van der Waals surface area (Å²) in [5, 5.41) is 11.2. The molecule has 0 amide bonds. The highest BCUT2D eigenvalue weighted by molar-refractivity contribution is 7.71. The number of nitrogens with one attached hydrogen (secondary N) is 1. The van der Waals surface area contributed by atoms with Gasteiger partial charge in [0.15, 0.2) is 10.6 Å². The molecule has 0 saturated heterocycles. The molecule has 0 aliphatic carbocycles. The number of hydrogen-bond acceptors (Lipinski definition) is 4. The van der Waals surface area contributed by atoms with E-state index in [4.69, 9.17) is 12.2 Å². The molecule has 2 heterocycles. The summed E-state index contributed by atoms with van der Waals surface area (Å²) in [5.41, 5.74) is 1.24. The van der Waals surface area contributed by atoms with Gasteiger partial charge in [0.05, 0.1) is 11.3 Å².